The highest BCUT2D eigenvalue weighted by atomic mass is 16.3. The van der Waals surface area contributed by atoms with Crippen LogP contribution in [-0.4, -0.2) is 19.0 Å². The molecule has 1 amide bonds. The Balaban J connectivity index is 2.46. The van der Waals surface area contributed by atoms with E-state index in [-0.39, 0.29) is 11.9 Å². The van der Waals surface area contributed by atoms with Crippen molar-refractivity contribution in [1.29, 1.82) is 0 Å². The van der Waals surface area contributed by atoms with Crippen molar-refractivity contribution in [3.8, 4) is 0 Å². The largest absolute Gasteiger partial charge is 0.466 e. The molecule has 4 heteroatoms. The van der Waals surface area contributed by atoms with Gasteiger partial charge in [-0.05, 0) is 33.4 Å². The zero-order valence-electron chi connectivity index (χ0n) is 11.1. The van der Waals surface area contributed by atoms with Crippen molar-refractivity contribution >= 4 is 5.91 Å². The first-order valence-corrected chi connectivity index (χ1v) is 6.11. The third-order valence-electron chi connectivity index (χ3n) is 2.70. The summed E-state index contributed by atoms with van der Waals surface area (Å²) < 4.78 is 5.45. The molecule has 4 nitrogen and oxygen atoms in total. The Labute approximate surface area is 103 Å². The highest BCUT2D eigenvalue weighted by molar-refractivity contribution is 5.76. The van der Waals surface area contributed by atoms with Crippen LogP contribution in [0, 0.1) is 13.8 Å². The van der Waals surface area contributed by atoms with E-state index in [1.165, 1.54) is 0 Å². The molecule has 0 saturated heterocycles. The van der Waals surface area contributed by atoms with Crippen LogP contribution < -0.4 is 10.6 Å². The fraction of sp³-hybridized carbons (Fsp3) is 0.615. The summed E-state index contributed by atoms with van der Waals surface area (Å²) in [5, 5.41) is 6.10. The maximum Gasteiger partial charge on any atom is 0.221 e. The molecule has 96 valence electrons. The Morgan fingerprint density at radius 2 is 2.18 bits per heavy atom. The zero-order valence-corrected chi connectivity index (χ0v) is 11.1. The van der Waals surface area contributed by atoms with Crippen LogP contribution >= 0.6 is 0 Å². The average Bonchev–Trinajstić information content (AvgIpc) is 2.58. The number of rotatable bonds is 6. The first-order valence-electron chi connectivity index (χ1n) is 6.11. The summed E-state index contributed by atoms with van der Waals surface area (Å²) >= 11 is 0. The summed E-state index contributed by atoms with van der Waals surface area (Å²) in [6.45, 7) is 9.45. The van der Waals surface area contributed by atoms with E-state index in [9.17, 15) is 4.79 Å². The molecule has 1 rings (SSSR count). The molecule has 0 spiro atoms. The number of furan rings is 1. The predicted octanol–water partition coefficient (Wildman–Crippen LogP) is 2.07. The van der Waals surface area contributed by atoms with Crippen molar-refractivity contribution < 1.29 is 9.21 Å². The molecule has 0 aliphatic carbocycles. The van der Waals surface area contributed by atoms with Crippen LogP contribution in [0.5, 0.6) is 0 Å². The van der Waals surface area contributed by atoms with Crippen LogP contribution in [0.15, 0.2) is 10.5 Å². The number of nitrogens with one attached hydrogen (secondary N) is 2. The zero-order chi connectivity index (χ0) is 12.8. The van der Waals surface area contributed by atoms with Gasteiger partial charge in [-0.25, -0.2) is 0 Å². The number of carbonyl (C=O) groups excluding carboxylic acids is 1. The highest BCUT2D eigenvalue weighted by Gasteiger charge is 2.14. The van der Waals surface area contributed by atoms with Crippen LogP contribution in [0.1, 0.15) is 43.4 Å². The van der Waals surface area contributed by atoms with E-state index in [0.717, 1.165) is 30.2 Å². The Bertz CT molecular complexity index is 371. The van der Waals surface area contributed by atoms with E-state index in [2.05, 4.69) is 10.6 Å². The summed E-state index contributed by atoms with van der Waals surface area (Å²) in [4.78, 5) is 11.6. The molecular formula is C13H22N2O2. The van der Waals surface area contributed by atoms with Gasteiger partial charge in [0, 0.05) is 18.5 Å². The monoisotopic (exact) mass is 238 g/mol. The quantitative estimate of drug-likeness (QED) is 0.746. The molecule has 0 bridgehead atoms. The summed E-state index contributed by atoms with van der Waals surface area (Å²) in [6, 6.07) is 1.98. The minimum absolute atomic E-state index is 0.00146. The van der Waals surface area contributed by atoms with Gasteiger partial charge in [0.15, 0.2) is 0 Å². The molecule has 0 aromatic carbocycles. The minimum Gasteiger partial charge on any atom is -0.466 e. The number of carbonyl (C=O) groups is 1. The van der Waals surface area contributed by atoms with Gasteiger partial charge in [0.2, 0.25) is 5.91 Å². The van der Waals surface area contributed by atoms with Crippen molar-refractivity contribution in [1.82, 2.24) is 10.6 Å². The van der Waals surface area contributed by atoms with Crippen molar-refractivity contribution in [2.75, 3.05) is 13.1 Å². The topological polar surface area (TPSA) is 54.3 Å². The lowest BCUT2D eigenvalue weighted by Gasteiger charge is -2.13. The first-order chi connectivity index (χ1) is 8.04. The van der Waals surface area contributed by atoms with E-state index in [1.807, 2.05) is 33.8 Å². The van der Waals surface area contributed by atoms with Crippen molar-refractivity contribution in [2.45, 2.75) is 40.2 Å². The van der Waals surface area contributed by atoms with Crippen molar-refractivity contribution in [3.05, 3.63) is 23.2 Å². The third-order valence-corrected chi connectivity index (χ3v) is 2.70. The van der Waals surface area contributed by atoms with Gasteiger partial charge in [-0.3, -0.25) is 4.79 Å². The average molecular weight is 238 g/mol. The van der Waals surface area contributed by atoms with E-state index in [4.69, 9.17) is 4.42 Å². The second-order valence-corrected chi connectivity index (χ2v) is 4.26. The molecule has 1 heterocycles. The Morgan fingerprint density at radius 1 is 1.47 bits per heavy atom. The fourth-order valence-electron chi connectivity index (χ4n) is 1.85. The molecule has 0 aliphatic heterocycles. The second kappa shape index (κ2) is 6.45. The highest BCUT2D eigenvalue weighted by Crippen LogP contribution is 2.20. The molecule has 0 aliphatic rings. The summed E-state index contributed by atoms with van der Waals surface area (Å²) in [6.07, 6.45) is 0.508. The number of amides is 1. The lowest BCUT2D eigenvalue weighted by Crippen LogP contribution is -2.29. The van der Waals surface area contributed by atoms with Gasteiger partial charge in [0.25, 0.3) is 0 Å². The predicted molar refractivity (Wildman–Crippen MR) is 67.9 cm³/mol. The summed E-state index contributed by atoms with van der Waals surface area (Å²) in [7, 11) is 0. The molecule has 17 heavy (non-hydrogen) atoms. The SMILES string of the molecule is CCNCCC(=O)NC(C)c1cc(C)oc1C. The van der Waals surface area contributed by atoms with E-state index in [1.54, 1.807) is 0 Å². The van der Waals surface area contributed by atoms with Crippen LogP contribution in [0.4, 0.5) is 0 Å². The van der Waals surface area contributed by atoms with Gasteiger partial charge in [-0.2, -0.15) is 0 Å². The smallest absolute Gasteiger partial charge is 0.221 e. The van der Waals surface area contributed by atoms with E-state index >= 15 is 0 Å². The molecule has 1 unspecified atom stereocenters. The van der Waals surface area contributed by atoms with Crippen molar-refractivity contribution in [2.24, 2.45) is 0 Å². The normalized spacial score (nSPS) is 12.5. The summed E-state index contributed by atoms with van der Waals surface area (Å²) in [5.74, 6) is 1.82. The molecule has 2 N–H and O–H groups in total. The second-order valence-electron chi connectivity index (χ2n) is 4.26. The Morgan fingerprint density at radius 3 is 2.71 bits per heavy atom. The van der Waals surface area contributed by atoms with Crippen LogP contribution in [-0.2, 0) is 4.79 Å². The van der Waals surface area contributed by atoms with Gasteiger partial charge < -0.3 is 15.1 Å². The van der Waals surface area contributed by atoms with E-state index in [0.29, 0.717) is 6.42 Å². The van der Waals surface area contributed by atoms with Crippen LogP contribution in [0.25, 0.3) is 0 Å². The van der Waals surface area contributed by atoms with Gasteiger partial charge in [-0.15, -0.1) is 0 Å². The molecule has 0 fully saturated rings. The fourth-order valence-corrected chi connectivity index (χ4v) is 1.85. The number of hydrogen-bond acceptors (Lipinski definition) is 3. The molecule has 1 aromatic rings. The van der Waals surface area contributed by atoms with Gasteiger partial charge in [0.05, 0.1) is 6.04 Å². The first kappa shape index (κ1) is 13.8. The maximum atomic E-state index is 11.6. The maximum absolute atomic E-state index is 11.6. The Hall–Kier alpha value is -1.29. The lowest BCUT2D eigenvalue weighted by molar-refractivity contribution is -0.121. The van der Waals surface area contributed by atoms with Crippen LogP contribution in [0.3, 0.4) is 0 Å². The number of hydrogen-bond donors (Lipinski definition) is 2. The molecule has 1 aromatic heterocycles. The molecule has 0 radical (unpaired) electrons. The lowest BCUT2D eigenvalue weighted by atomic mass is 10.1. The third kappa shape index (κ3) is 4.23. The van der Waals surface area contributed by atoms with Crippen molar-refractivity contribution in [3.63, 3.8) is 0 Å². The number of aryl methyl sites for hydroxylation is 2. The minimum atomic E-state index is 0.00146. The van der Waals surface area contributed by atoms with Gasteiger partial charge in [0.1, 0.15) is 11.5 Å². The standard InChI is InChI=1S/C13H22N2O2/c1-5-14-7-6-13(16)15-10(3)12-8-9(2)17-11(12)4/h8,10,14H,5-7H2,1-4H3,(H,15,16). The molecule has 0 saturated carbocycles. The molecule has 1 atom stereocenters. The summed E-state index contributed by atoms with van der Waals surface area (Å²) in [5.41, 5.74) is 1.05. The van der Waals surface area contributed by atoms with E-state index < -0.39 is 0 Å². The van der Waals surface area contributed by atoms with Crippen LogP contribution in [0.2, 0.25) is 0 Å². The Kier molecular flexibility index (Phi) is 5.22. The molecular weight excluding hydrogens is 216 g/mol. The van der Waals surface area contributed by atoms with Gasteiger partial charge in [-0.1, -0.05) is 6.92 Å². The van der Waals surface area contributed by atoms with Gasteiger partial charge >= 0.3 is 0 Å².